The van der Waals surface area contributed by atoms with Crippen LogP contribution in [0.1, 0.15) is 41.0 Å². The summed E-state index contributed by atoms with van der Waals surface area (Å²) in [6.45, 7) is 4.19. The van der Waals surface area contributed by atoms with Gasteiger partial charge in [0.15, 0.2) is 5.82 Å². The van der Waals surface area contributed by atoms with Crippen molar-refractivity contribution in [3.05, 3.63) is 39.4 Å². The van der Waals surface area contributed by atoms with Crippen molar-refractivity contribution < 1.29 is 19.1 Å². The fourth-order valence-electron chi connectivity index (χ4n) is 5.97. The van der Waals surface area contributed by atoms with E-state index in [-0.39, 0.29) is 24.1 Å². The first kappa shape index (κ1) is 28.6. The standard InChI is InChI=1S/C28H35ClN8O4S/c1-34-9-6-19(7-10-34)41-22-13-23(29)42-25(22)27(38)33-18-4-3-8-35(15-18)21-12-20(37-24(21)26(30)31-16-32-37)17-5-11-36(14-17)28(39)40-2/h5,12-13,16,18-19H,3-4,6-11,14-15H2,1-2H3,(H,33,38)(H2,30,31,32)/t18-/m1/s1. The number of nitrogen functional groups attached to an aromatic ring is 1. The van der Waals surface area contributed by atoms with Crippen molar-refractivity contribution in [2.24, 2.45) is 0 Å². The van der Waals surface area contributed by atoms with Crippen LogP contribution >= 0.6 is 22.9 Å². The Morgan fingerprint density at radius 2 is 2.00 bits per heavy atom. The summed E-state index contributed by atoms with van der Waals surface area (Å²) in [5.74, 6) is 0.749. The summed E-state index contributed by atoms with van der Waals surface area (Å²) in [5, 5.41) is 7.72. The predicted molar refractivity (Wildman–Crippen MR) is 163 cm³/mol. The van der Waals surface area contributed by atoms with Gasteiger partial charge in [-0.05, 0) is 44.4 Å². The van der Waals surface area contributed by atoms with Crippen LogP contribution in [-0.2, 0) is 4.74 Å². The van der Waals surface area contributed by atoms with E-state index in [2.05, 4.69) is 32.2 Å². The molecular formula is C28H35ClN8O4S. The van der Waals surface area contributed by atoms with Gasteiger partial charge in [0.05, 0.1) is 29.4 Å². The quantitative estimate of drug-likeness (QED) is 0.429. The van der Waals surface area contributed by atoms with E-state index in [0.29, 0.717) is 45.9 Å². The van der Waals surface area contributed by atoms with E-state index in [1.807, 2.05) is 12.1 Å². The van der Waals surface area contributed by atoms with Crippen molar-refractivity contribution in [1.29, 1.82) is 0 Å². The van der Waals surface area contributed by atoms with Gasteiger partial charge in [0.25, 0.3) is 5.91 Å². The molecule has 0 aliphatic carbocycles. The van der Waals surface area contributed by atoms with E-state index in [9.17, 15) is 9.59 Å². The Morgan fingerprint density at radius 1 is 1.19 bits per heavy atom. The number of thiophene rings is 1. The number of nitrogens with two attached hydrogens (primary N) is 1. The summed E-state index contributed by atoms with van der Waals surface area (Å²) in [5.41, 5.74) is 9.76. The number of anilines is 2. The number of nitrogens with zero attached hydrogens (tertiary/aromatic N) is 6. The number of aromatic nitrogens is 3. The number of rotatable bonds is 6. The first-order valence-electron chi connectivity index (χ1n) is 14.2. The summed E-state index contributed by atoms with van der Waals surface area (Å²) in [4.78, 5) is 36.4. The highest BCUT2D eigenvalue weighted by Gasteiger charge is 2.30. The molecule has 3 N–H and O–H groups in total. The molecule has 3 aromatic heterocycles. The molecule has 224 valence electrons. The molecule has 12 nitrogen and oxygen atoms in total. The summed E-state index contributed by atoms with van der Waals surface area (Å²) in [6, 6.07) is 3.71. The molecule has 3 aliphatic heterocycles. The van der Waals surface area contributed by atoms with Gasteiger partial charge in [-0.1, -0.05) is 17.7 Å². The number of hydrogen-bond donors (Lipinski definition) is 2. The number of piperidine rings is 2. The minimum atomic E-state index is -0.377. The Morgan fingerprint density at radius 3 is 2.79 bits per heavy atom. The number of ether oxygens (including phenoxy) is 2. The highest BCUT2D eigenvalue weighted by molar-refractivity contribution is 7.18. The van der Waals surface area contributed by atoms with Crippen molar-refractivity contribution in [2.45, 2.75) is 37.8 Å². The molecule has 2 saturated heterocycles. The zero-order valence-electron chi connectivity index (χ0n) is 23.7. The van der Waals surface area contributed by atoms with Gasteiger partial charge in [-0.25, -0.2) is 14.3 Å². The Balaban J connectivity index is 1.19. The number of amides is 2. The summed E-state index contributed by atoms with van der Waals surface area (Å²) in [7, 11) is 3.48. The van der Waals surface area contributed by atoms with Crippen LogP contribution < -0.4 is 20.7 Å². The van der Waals surface area contributed by atoms with Crippen LogP contribution in [0, 0.1) is 0 Å². The van der Waals surface area contributed by atoms with E-state index in [1.165, 1.54) is 24.8 Å². The molecule has 1 atom stereocenters. The van der Waals surface area contributed by atoms with E-state index in [0.717, 1.165) is 62.3 Å². The molecule has 6 heterocycles. The molecule has 0 aromatic carbocycles. The minimum Gasteiger partial charge on any atom is -0.489 e. The van der Waals surface area contributed by atoms with Gasteiger partial charge in [-0.2, -0.15) is 5.10 Å². The lowest BCUT2D eigenvalue weighted by Crippen LogP contribution is -2.47. The maximum absolute atomic E-state index is 13.5. The van der Waals surface area contributed by atoms with Gasteiger partial charge < -0.3 is 35.2 Å². The molecule has 3 aromatic rings. The van der Waals surface area contributed by atoms with Crippen LogP contribution in [0.4, 0.5) is 16.3 Å². The van der Waals surface area contributed by atoms with E-state index >= 15 is 0 Å². The number of hydrogen-bond acceptors (Lipinski definition) is 10. The maximum Gasteiger partial charge on any atom is 0.410 e. The summed E-state index contributed by atoms with van der Waals surface area (Å²) in [6.07, 6.45) is 6.68. The fraction of sp³-hybridized carbons (Fsp3) is 0.500. The third kappa shape index (κ3) is 5.72. The highest BCUT2D eigenvalue weighted by atomic mass is 35.5. The number of halogens is 1. The Kier molecular flexibility index (Phi) is 8.15. The number of carbonyl (C=O) groups excluding carboxylic acids is 2. The van der Waals surface area contributed by atoms with E-state index < -0.39 is 0 Å². The average molecular weight is 615 g/mol. The van der Waals surface area contributed by atoms with Crippen LogP contribution in [0.5, 0.6) is 5.75 Å². The predicted octanol–water partition coefficient (Wildman–Crippen LogP) is 3.36. The van der Waals surface area contributed by atoms with Gasteiger partial charge in [0.2, 0.25) is 0 Å². The third-order valence-electron chi connectivity index (χ3n) is 8.17. The fourth-order valence-corrected chi connectivity index (χ4v) is 7.02. The lowest BCUT2D eigenvalue weighted by molar-refractivity contribution is 0.0915. The van der Waals surface area contributed by atoms with Crippen LogP contribution in [-0.4, -0.2) is 102 Å². The molecule has 0 unspecified atom stereocenters. The van der Waals surface area contributed by atoms with Crippen molar-refractivity contribution in [2.75, 3.05) is 64.1 Å². The normalized spacial score (nSPS) is 20.2. The zero-order valence-corrected chi connectivity index (χ0v) is 25.3. The largest absolute Gasteiger partial charge is 0.489 e. The highest BCUT2D eigenvalue weighted by Crippen LogP contribution is 2.36. The molecule has 14 heteroatoms. The van der Waals surface area contributed by atoms with Gasteiger partial charge in [0, 0.05) is 44.8 Å². The number of fused-ring (bicyclic) bond motifs is 1. The molecule has 2 fully saturated rings. The molecule has 0 bridgehead atoms. The van der Waals surface area contributed by atoms with Crippen LogP contribution in [0.25, 0.3) is 11.1 Å². The molecule has 3 aliphatic rings. The maximum atomic E-state index is 13.5. The lowest BCUT2D eigenvalue weighted by Gasteiger charge is -2.34. The van der Waals surface area contributed by atoms with Crippen molar-refractivity contribution in [3.8, 4) is 5.75 Å². The average Bonchev–Trinajstić information content (AvgIpc) is 3.71. The summed E-state index contributed by atoms with van der Waals surface area (Å²) >= 11 is 7.59. The molecule has 6 rings (SSSR count). The second kappa shape index (κ2) is 12.0. The summed E-state index contributed by atoms with van der Waals surface area (Å²) < 4.78 is 13.5. The molecule has 2 amide bonds. The molecule has 42 heavy (non-hydrogen) atoms. The third-order valence-corrected chi connectivity index (χ3v) is 9.42. The van der Waals surface area contributed by atoms with Crippen LogP contribution in [0.2, 0.25) is 4.34 Å². The number of likely N-dealkylation sites (tertiary alicyclic amines) is 1. The molecule has 0 radical (unpaired) electrons. The van der Waals surface area contributed by atoms with Crippen LogP contribution in [0.15, 0.2) is 24.5 Å². The van der Waals surface area contributed by atoms with Gasteiger partial charge >= 0.3 is 6.09 Å². The van der Waals surface area contributed by atoms with Crippen molar-refractivity contribution in [3.63, 3.8) is 0 Å². The number of nitrogens with one attached hydrogen (secondary N) is 1. The SMILES string of the molecule is COC(=O)N1CC=C(c2cc(N3CCC[C@@H](NC(=O)c4sc(Cl)cc4OC4CCN(C)CC4)C3)c3c(N)ncnn23)C1. The Hall–Kier alpha value is -3.55. The van der Waals surface area contributed by atoms with Gasteiger partial charge in [-0.15, -0.1) is 11.3 Å². The molecular weight excluding hydrogens is 580 g/mol. The Labute approximate surface area is 253 Å². The van der Waals surface area contributed by atoms with Gasteiger partial charge in [0.1, 0.15) is 28.6 Å². The second-order valence-electron chi connectivity index (χ2n) is 11.0. The zero-order chi connectivity index (χ0) is 29.4. The minimum absolute atomic E-state index is 0.0725. The topological polar surface area (TPSA) is 131 Å². The molecule has 0 spiro atoms. The molecule has 0 saturated carbocycles. The first-order chi connectivity index (χ1) is 20.3. The van der Waals surface area contributed by atoms with E-state index in [1.54, 1.807) is 15.5 Å². The lowest BCUT2D eigenvalue weighted by atomic mass is 10.0. The van der Waals surface area contributed by atoms with Crippen molar-refractivity contribution >= 4 is 57.5 Å². The van der Waals surface area contributed by atoms with Crippen molar-refractivity contribution in [1.82, 2.24) is 29.7 Å². The number of carbonyl (C=O) groups is 2. The van der Waals surface area contributed by atoms with Gasteiger partial charge in [-0.3, -0.25) is 4.79 Å². The first-order valence-corrected chi connectivity index (χ1v) is 15.3. The number of methoxy groups -OCH3 is 1. The monoisotopic (exact) mass is 614 g/mol. The Bertz CT molecular complexity index is 1510. The second-order valence-corrected chi connectivity index (χ2v) is 12.7. The van der Waals surface area contributed by atoms with E-state index in [4.69, 9.17) is 26.8 Å². The van der Waals surface area contributed by atoms with Crippen LogP contribution in [0.3, 0.4) is 0 Å². The smallest absolute Gasteiger partial charge is 0.410 e.